The molecule has 0 saturated heterocycles. The normalized spacial score (nSPS) is 11.6. The molecule has 0 atom stereocenters. The highest BCUT2D eigenvalue weighted by molar-refractivity contribution is 7.92. The maximum absolute atomic E-state index is 13.0. The average molecular weight is 368 g/mol. The zero-order valence-electron chi connectivity index (χ0n) is 13.4. The number of hydrogen-bond donors (Lipinski definition) is 1. The molecule has 0 amide bonds. The van der Waals surface area contributed by atoms with Crippen molar-refractivity contribution in [2.45, 2.75) is 4.90 Å². The quantitative estimate of drug-likeness (QED) is 0.578. The van der Waals surface area contributed by atoms with Gasteiger partial charge < -0.3 is 4.42 Å². The molecule has 0 aliphatic rings. The summed E-state index contributed by atoms with van der Waals surface area (Å²) in [4.78, 5) is 4.38. The number of hydrogen-bond acceptors (Lipinski definition) is 4. The predicted octanol–water partition coefficient (Wildman–Crippen LogP) is 4.43. The third-order valence-corrected chi connectivity index (χ3v) is 5.18. The molecule has 0 unspecified atom stereocenters. The summed E-state index contributed by atoms with van der Waals surface area (Å²) >= 11 is 0. The molecule has 1 aromatic heterocycles. The Morgan fingerprint density at radius 3 is 2.38 bits per heavy atom. The highest BCUT2D eigenvalue weighted by Gasteiger charge is 2.15. The van der Waals surface area contributed by atoms with Crippen LogP contribution in [0.5, 0.6) is 0 Å². The number of sulfonamides is 1. The molecule has 0 fully saturated rings. The van der Waals surface area contributed by atoms with Crippen LogP contribution in [0.1, 0.15) is 0 Å². The van der Waals surface area contributed by atoms with Crippen LogP contribution in [0.4, 0.5) is 10.1 Å². The van der Waals surface area contributed by atoms with E-state index < -0.39 is 15.8 Å². The first-order chi connectivity index (χ1) is 12.5. The average Bonchev–Trinajstić information content (AvgIpc) is 3.06. The van der Waals surface area contributed by atoms with Gasteiger partial charge in [0.15, 0.2) is 5.58 Å². The maximum atomic E-state index is 13.0. The van der Waals surface area contributed by atoms with E-state index in [1.54, 1.807) is 18.2 Å². The van der Waals surface area contributed by atoms with Gasteiger partial charge in [0.25, 0.3) is 10.0 Å². The molecule has 4 rings (SSSR count). The van der Waals surface area contributed by atoms with Gasteiger partial charge in [0.1, 0.15) is 11.3 Å². The van der Waals surface area contributed by atoms with E-state index in [0.29, 0.717) is 22.7 Å². The summed E-state index contributed by atoms with van der Waals surface area (Å²) in [6.07, 6.45) is 0. The Bertz CT molecular complexity index is 1170. The summed E-state index contributed by atoms with van der Waals surface area (Å²) in [6.45, 7) is 0. The van der Waals surface area contributed by atoms with E-state index in [0.717, 1.165) is 17.7 Å². The number of oxazole rings is 1. The molecular weight excluding hydrogens is 355 g/mol. The molecule has 0 aliphatic heterocycles. The summed E-state index contributed by atoms with van der Waals surface area (Å²) in [5.41, 5.74) is 2.25. The lowest BCUT2D eigenvalue weighted by Gasteiger charge is -2.07. The minimum atomic E-state index is -3.82. The van der Waals surface area contributed by atoms with Crippen molar-refractivity contribution in [1.82, 2.24) is 4.98 Å². The van der Waals surface area contributed by atoms with E-state index in [-0.39, 0.29) is 4.90 Å². The molecule has 7 heteroatoms. The molecule has 0 bridgehead atoms. The van der Waals surface area contributed by atoms with Crippen molar-refractivity contribution in [2.75, 3.05) is 4.72 Å². The maximum Gasteiger partial charge on any atom is 0.261 e. The molecule has 1 heterocycles. The number of benzene rings is 3. The van der Waals surface area contributed by atoms with Crippen LogP contribution in [0, 0.1) is 5.82 Å². The SMILES string of the molecule is O=S(=O)(Nc1ccc2oc(-c3ccccc3)nc2c1)c1ccc(F)cc1. The Kier molecular flexibility index (Phi) is 3.93. The fourth-order valence-corrected chi connectivity index (χ4v) is 3.57. The second-order valence-electron chi connectivity index (χ2n) is 5.63. The molecule has 3 aromatic carbocycles. The number of nitrogens with one attached hydrogen (secondary N) is 1. The first-order valence-electron chi connectivity index (χ1n) is 7.76. The van der Waals surface area contributed by atoms with Gasteiger partial charge in [0, 0.05) is 5.56 Å². The molecular formula is C19H13FN2O3S. The third-order valence-electron chi connectivity index (χ3n) is 3.78. The lowest BCUT2D eigenvalue weighted by atomic mass is 10.2. The van der Waals surface area contributed by atoms with Crippen LogP contribution in [0.3, 0.4) is 0 Å². The van der Waals surface area contributed by atoms with Crippen LogP contribution in [0.15, 0.2) is 82.1 Å². The molecule has 4 aromatic rings. The summed E-state index contributed by atoms with van der Waals surface area (Å²) < 4.78 is 46.0. The zero-order valence-corrected chi connectivity index (χ0v) is 14.2. The summed E-state index contributed by atoms with van der Waals surface area (Å²) in [6, 6.07) is 18.9. The van der Waals surface area contributed by atoms with Crippen LogP contribution in [-0.4, -0.2) is 13.4 Å². The van der Waals surface area contributed by atoms with Crippen LogP contribution < -0.4 is 4.72 Å². The molecule has 130 valence electrons. The monoisotopic (exact) mass is 368 g/mol. The summed E-state index contributed by atoms with van der Waals surface area (Å²) in [7, 11) is -3.82. The first-order valence-corrected chi connectivity index (χ1v) is 9.24. The van der Waals surface area contributed by atoms with Gasteiger partial charge in [-0.2, -0.15) is 0 Å². The molecule has 0 radical (unpaired) electrons. The van der Waals surface area contributed by atoms with Crippen LogP contribution in [0.25, 0.3) is 22.6 Å². The second kappa shape index (κ2) is 6.27. The molecule has 0 spiro atoms. The third kappa shape index (κ3) is 3.16. The van der Waals surface area contributed by atoms with Gasteiger partial charge in [-0.15, -0.1) is 0 Å². The van der Waals surface area contributed by atoms with Gasteiger partial charge in [0.2, 0.25) is 5.89 Å². The van der Waals surface area contributed by atoms with E-state index in [9.17, 15) is 12.8 Å². The van der Waals surface area contributed by atoms with Gasteiger partial charge >= 0.3 is 0 Å². The Labute approximate surface area is 149 Å². The highest BCUT2D eigenvalue weighted by atomic mass is 32.2. The minimum absolute atomic E-state index is 0.0240. The molecule has 26 heavy (non-hydrogen) atoms. The fourth-order valence-electron chi connectivity index (χ4n) is 2.52. The summed E-state index contributed by atoms with van der Waals surface area (Å²) in [5.74, 6) is -0.0412. The Morgan fingerprint density at radius 1 is 0.923 bits per heavy atom. The van der Waals surface area contributed by atoms with Crippen molar-refractivity contribution in [3.63, 3.8) is 0 Å². The van der Waals surface area contributed by atoms with Gasteiger partial charge in [-0.25, -0.2) is 17.8 Å². The Hall–Kier alpha value is -3.19. The van der Waals surface area contributed by atoms with Crippen molar-refractivity contribution >= 4 is 26.8 Å². The zero-order chi connectivity index (χ0) is 18.1. The Morgan fingerprint density at radius 2 is 1.65 bits per heavy atom. The van der Waals surface area contributed by atoms with Crippen molar-refractivity contribution in [2.24, 2.45) is 0 Å². The molecule has 0 aliphatic carbocycles. The number of nitrogens with zero attached hydrogens (tertiary/aromatic N) is 1. The van der Waals surface area contributed by atoms with Crippen LogP contribution >= 0.6 is 0 Å². The molecule has 1 N–H and O–H groups in total. The smallest absolute Gasteiger partial charge is 0.261 e. The standard InChI is InChI=1S/C19H13FN2O3S/c20-14-6-9-16(10-7-14)26(23,24)22-15-8-11-18-17(12-15)21-19(25-18)13-4-2-1-3-5-13/h1-12,22H. The van der Waals surface area contributed by atoms with E-state index in [1.165, 1.54) is 12.1 Å². The summed E-state index contributed by atoms with van der Waals surface area (Å²) in [5, 5.41) is 0. The predicted molar refractivity (Wildman–Crippen MR) is 96.7 cm³/mol. The number of rotatable bonds is 4. The van der Waals surface area contributed by atoms with Crippen molar-refractivity contribution in [3.8, 4) is 11.5 Å². The molecule has 5 nitrogen and oxygen atoms in total. The van der Waals surface area contributed by atoms with E-state index in [2.05, 4.69) is 9.71 Å². The van der Waals surface area contributed by atoms with Gasteiger partial charge in [-0.3, -0.25) is 4.72 Å². The van der Waals surface area contributed by atoms with Crippen molar-refractivity contribution < 1.29 is 17.2 Å². The highest BCUT2D eigenvalue weighted by Crippen LogP contribution is 2.27. The first kappa shape index (κ1) is 16.3. The largest absolute Gasteiger partial charge is 0.436 e. The lowest BCUT2D eigenvalue weighted by molar-refractivity contribution is 0.599. The second-order valence-corrected chi connectivity index (χ2v) is 7.31. The van der Waals surface area contributed by atoms with E-state index in [4.69, 9.17) is 4.42 Å². The van der Waals surface area contributed by atoms with Crippen molar-refractivity contribution in [1.29, 1.82) is 0 Å². The lowest BCUT2D eigenvalue weighted by Crippen LogP contribution is -2.12. The van der Waals surface area contributed by atoms with Crippen LogP contribution in [-0.2, 0) is 10.0 Å². The van der Waals surface area contributed by atoms with Crippen LogP contribution in [0.2, 0.25) is 0 Å². The molecule has 0 saturated carbocycles. The fraction of sp³-hybridized carbons (Fsp3) is 0. The van der Waals surface area contributed by atoms with Gasteiger partial charge in [-0.1, -0.05) is 18.2 Å². The number of aromatic nitrogens is 1. The Balaban J connectivity index is 1.66. The van der Waals surface area contributed by atoms with Crippen molar-refractivity contribution in [3.05, 3.63) is 78.6 Å². The van der Waals surface area contributed by atoms with Gasteiger partial charge in [0.05, 0.1) is 10.6 Å². The van der Waals surface area contributed by atoms with E-state index >= 15 is 0 Å². The topological polar surface area (TPSA) is 72.2 Å². The van der Waals surface area contributed by atoms with Gasteiger partial charge in [-0.05, 0) is 54.6 Å². The minimum Gasteiger partial charge on any atom is -0.436 e. The number of fused-ring (bicyclic) bond motifs is 1. The van der Waals surface area contributed by atoms with E-state index in [1.807, 2.05) is 30.3 Å². The number of anilines is 1. The number of halogens is 1.